The number of hydrogen-bond donors (Lipinski definition) is 2. The molecule has 0 spiro atoms. The summed E-state index contributed by atoms with van der Waals surface area (Å²) in [6, 6.07) is 0. The van der Waals surface area contributed by atoms with Gasteiger partial charge in [0.15, 0.2) is 5.96 Å². The van der Waals surface area contributed by atoms with Gasteiger partial charge in [-0.2, -0.15) is 4.99 Å². The van der Waals surface area contributed by atoms with Gasteiger partial charge in [-0.15, -0.1) is 0 Å². The molecule has 0 aliphatic carbocycles. The van der Waals surface area contributed by atoms with E-state index in [2.05, 4.69) is 4.99 Å². The number of nitrogens with zero attached hydrogens (tertiary/aromatic N) is 3. The molecular weight excluding hydrogens is 198 g/mol. The maximum Gasteiger partial charge on any atom is 0.529 e. The van der Waals surface area contributed by atoms with Gasteiger partial charge in [-0.05, 0) is 0 Å². The van der Waals surface area contributed by atoms with Crippen molar-refractivity contribution >= 4 is 11.9 Å². The van der Waals surface area contributed by atoms with Crippen molar-refractivity contribution in [2.75, 3.05) is 0 Å². The van der Waals surface area contributed by atoms with E-state index in [4.69, 9.17) is 11.5 Å². The van der Waals surface area contributed by atoms with Gasteiger partial charge < -0.3 is 11.5 Å². The number of rotatable bonds is 3. The van der Waals surface area contributed by atoms with E-state index in [1.54, 1.807) is 0 Å². The lowest BCUT2D eigenvalue weighted by molar-refractivity contribution is -0.722. The van der Waals surface area contributed by atoms with Crippen molar-refractivity contribution < 1.29 is 14.6 Å². The van der Waals surface area contributed by atoms with Crippen LogP contribution < -0.4 is 11.5 Å². The van der Waals surface area contributed by atoms with Gasteiger partial charge in [0, 0.05) is 0 Å². The number of amides is 1. The molecular formula is C4H9N5O5. The zero-order valence-corrected chi connectivity index (χ0v) is 6.11. The van der Waals surface area contributed by atoms with Gasteiger partial charge in [0.05, 0.1) is 0 Å². The highest BCUT2D eigenvalue weighted by Gasteiger charge is 2.41. The summed E-state index contributed by atoms with van der Waals surface area (Å²) in [6.45, 7) is 0. The summed E-state index contributed by atoms with van der Waals surface area (Å²) >= 11 is 0. The van der Waals surface area contributed by atoms with Crippen LogP contribution in [0, 0.1) is 20.2 Å². The summed E-state index contributed by atoms with van der Waals surface area (Å²) in [6.07, 6.45) is -2.65. The van der Waals surface area contributed by atoms with E-state index in [1.807, 2.05) is 0 Å². The highest BCUT2D eigenvalue weighted by Crippen LogP contribution is 1.94. The molecule has 0 saturated carbocycles. The predicted octanol–water partition coefficient (Wildman–Crippen LogP) is -1.70. The fraction of sp³-hybridized carbons (Fsp3) is 0.500. The van der Waals surface area contributed by atoms with Crippen LogP contribution in [0.15, 0.2) is 4.99 Å². The second-order valence-electron chi connectivity index (χ2n) is 1.82. The third-order valence-corrected chi connectivity index (χ3v) is 0.860. The molecule has 0 bridgehead atoms. The Balaban J connectivity index is 0. The molecule has 0 rings (SSSR count). The number of nitro groups is 2. The second kappa shape index (κ2) is 5.40. The average Bonchev–Trinajstić information content (AvgIpc) is 1.81. The monoisotopic (exact) mass is 207 g/mol. The Morgan fingerprint density at radius 2 is 1.57 bits per heavy atom. The van der Waals surface area contributed by atoms with Crippen LogP contribution in [0.5, 0.6) is 0 Å². The number of hydrogen-bond acceptors (Lipinski definition) is 5. The van der Waals surface area contributed by atoms with Crippen LogP contribution in [-0.4, -0.2) is 27.9 Å². The molecule has 0 fully saturated rings. The zero-order valence-electron chi connectivity index (χ0n) is 6.11. The SMILES string of the molecule is C.NC(N)=NC(=O)C([N+](=O)[O-])[N+](=O)[O-]. The Kier molecular flexibility index (Phi) is 5.50. The van der Waals surface area contributed by atoms with Gasteiger partial charge >= 0.3 is 12.1 Å². The van der Waals surface area contributed by atoms with E-state index in [0.717, 1.165) is 0 Å². The van der Waals surface area contributed by atoms with E-state index in [1.165, 1.54) is 0 Å². The van der Waals surface area contributed by atoms with E-state index in [0.29, 0.717) is 0 Å². The first-order valence-corrected chi connectivity index (χ1v) is 2.76. The Hall–Kier alpha value is -2.26. The fourth-order valence-corrected chi connectivity index (χ4v) is 0.442. The van der Waals surface area contributed by atoms with Gasteiger partial charge in [-0.3, -0.25) is 25.0 Å². The minimum Gasteiger partial charge on any atom is -0.370 e. The molecule has 0 aliphatic rings. The Morgan fingerprint density at radius 1 is 1.21 bits per heavy atom. The Bertz CT molecular complexity index is 268. The van der Waals surface area contributed by atoms with Crippen molar-refractivity contribution in [3.63, 3.8) is 0 Å². The van der Waals surface area contributed by atoms with Crippen molar-refractivity contribution in [2.24, 2.45) is 16.5 Å². The van der Waals surface area contributed by atoms with Crippen molar-refractivity contribution in [1.29, 1.82) is 0 Å². The summed E-state index contributed by atoms with van der Waals surface area (Å²) in [5, 5.41) is 19.9. The molecule has 0 atom stereocenters. The largest absolute Gasteiger partial charge is 0.529 e. The van der Waals surface area contributed by atoms with Crippen molar-refractivity contribution in [1.82, 2.24) is 0 Å². The fourth-order valence-electron chi connectivity index (χ4n) is 0.442. The molecule has 0 heterocycles. The van der Waals surface area contributed by atoms with Crippen LogP contribution in [-0.2, 0) is 4.79 Å². The third kappa shape index (κ3) is 3.94. The molecule has 10 nitrogen and oxygen atoms in total. The van der Waals surface area contributed by atoms with E-state index in [-0.39, 0.29) is 7.43 Å². The van der Waals surface area contributed by atoms with Crippen LogP contribution in [0.3, 0.4) is 0 Å². The lowest BCUT2D eigenvalue weighted by Crippen LogP contribution is -2.38. The highest BCUT2D eigenvalue weighted by molar-refractivity contribution is 5.92. The summed E-state index contributed by atoms with van der Waals surface area (Å²) in [5.74, 6) is -2.38. The lowest BCUT2D eigenvalue weighted by atomic mass is 10.5. The summed E-state index contributed by atoms with van der Waals surface area (Å²) < 4.78 is 0. The Labute approximate surface area is 77.9 Å². The first-order valence-electron chi connectivity index (χ1n) is 2.76. The molecule has 0 aromatic heterocycles. The van der Waals surface area contributed by atoms with Crippen LogP contribution in [0.1, 0.15) is 7.43 Å². The molecule has 1 amide bonds. The number of carbonyl (C=O) groups is 1. The number of aliphatic imine (C=N–C) groups is 1. The molecule has 0 aliphatic heterocycles. The highest BCUT2D eigenvalue weighted by atomic mass is 16.7. The minimum absolute atomic E-state index is 0. The van der Waals surface area contributed by atoms with Gasteiger partial charge in [0.25, 0.3) is 0 Å². The lowest BCUT2D eigenvalue weighted by Gasteiger charge is -1.96. The van der Waals surface area contributed by atoms with E-state index >= 15 is 0 Å². The molecule has 0 saturated heterocycles. The van der Waals surface area contributed by atoms with E-state index < -0.39 is 27.9 Å². The van der Waals surface area contributed by atoms with Crippen molar-refractivity contribution in [2.45, 2.75) is 13.6 Å². The minimum atomic E-state index is -2.65. The first-order chi connectivity index (χ1) is 5.86. The summed E-state index contributed by atoms with van der Waals surface area (Å²) in [4.78, 5) is 30.4. The average molecular weight is 207 g/mol. The molecule has 80 valence electrons. The van der Waals surface area contributed by atoms with Crippen LogP contribution in [0.4, 0.5) is 0 Å². The number of nitrogens with two attached hydrogens (primary N) is 2. The maximum absolute atomic E-state index is 10.6. The van der Waals surface area contributed by atoms with Crippen LogP contribution in [0.25, 0.3) is 0 Å². The topological polar surface area (TPSA) is 168 Å². The van der Waals surface area contributed by atoms with Crippen molar-refractivity contribution in [3.05, 3.63) is 20.2 Å². The first kappa shape index (κ1) is 14.3. The molecule has 14 heavy (non-hydrogen) atoms. The van der Waals surface area contributed by atoms with Crippen LogP contribution >= 0.6 is 0 Å². The molecule has 0 aromatic carbocycles. The molecule has 10 heteroatoms. The zero-order chi connectivity index (χ0) is 10.6. The maximum atomic E-state index is 10.6. The molecule has 0 radical (unpaired) electrons. The normalized spacial score (nSPS) is 8.64. The number of carbonyl (C=O) groups excluding carboxylic acids is 1. The molecule has 4 N–H and O–H groups in total. The quantitative estimate of drug-likeness (QED) is 0.183. The third-order valence-electron chi connectivity index (χ3n) is 0.860. The standard InChI is InChI=1S/C3H5N5O5.CH4/c4-3(5)6-1(9)2(7(10)11)8(12)13;/h2H,(H4,4,5,6,9);1H4. The predicted molar refractivity (Wildman–Crippen MR) is 45.3 cm³/mol. The van der Waals surface area contributed by atoms with Crippen LogP contribution in [0.2, 0.25) is 0 Å². The van der Waals surface area contributed by atoms with Crippen molar-refractivity contribution in [3.8, 4) is 0 Å². The van der Waals surface area contributed by atoms with Gasteiger partial charge in [0.1, 0.15) is 9.85 Å². The van der Waals surface area contributed by atoms with Gasteiger partial charge in [-0.25, -0.2) is 0 Å². The molecule has 0 unspecified atom stereocenters. The second-order valence-corrected chi connectivity index (χ2v) is 1.82. The van der Waals surface area contributed by atoms with E-state index in [9.17, 15) is 25.0 Å². The number of guanidine groups is 1. The molecule has 0 aromatic rings. The summed E-state index contributed by atoms with van der Waals surface area (Å²) in [7, 11) is 0. The smallest absolute Gasteiger partial charge is 0.370 e. The summed E-state index contributed by atoms with van der Waals surface area (Å²) in [5.41, 5.74) is 9.39. The van der Waals surface area contributed by atoms with Gasteiger partial charge in [-0.1, -0.05) is 7.43 Å². The Morgan fingerprint density at radius 3 is 1.79 bits per heavy atom. The van der Waals surface area contributed by atoms with Gasteiger partial charge in [0.2, 0.25) is 0 Å².